The molecule has 0 aliphatic carbocycles. The first-order valence-corrected chi connectivity index (χ1v) is 6.59. The molecule has 0 unspecified atom stereocenters. The number of rotatable bonds is 6. The number of carbonyl (C=O) groups excluding carboxylic acids is 1. The van der Waals surface area contributed by atoms with Crippen LogP contribution >= 0.6 is 0 Å². The lowest BCUT2D eigenvalue weighted by molar-refractivity contribution is -0.121. The van der Waals surface area contributed by atoms with E-state index in [-0.39, 0.29) is 12.5 Å². The van der Waals surface area contributed by atoms with Gasteiger partial charge in [-0.25, -0.2) is 4.98 Å². The van der Waals surface area contributed by atoms with Crippen molar-refractivity contribution in [2.45, 2.75) is 20.4 Å². The molecule has 1 heterocycles. The number of hydrogen-bond acceptors (Lipinski definition) is 3. The molecule has 0 aliphatic heterocycles. The molecule has 0 spiro atoms. The Balaban J connectivity index is 1.68. The summed E-state index contributed by atoms with van der Waals surface area (Å²) in [5.41, 5.74) is 1.15. The van der Waals surface area contributed by atoms with E-state index in [2.05, 4.69) is 10.3 Å². The molecule has 1 N–H and O–H groups in total. The highest BCUT2D eigenvalue weighted by Gasteiger charge is 2.04. The van der Waals surface area contributed by atoms with E-state index in [0.717, 1.165) is 17.1 Å². The van der Waals surface area contributed by atoms with Gasteiger partial charge in [0.1, 0.15) is 24.7 Å². The molecular formula is C15H19N3O2. The lowest BCUT2D eigenvalue weighted by Gasteiger charge is -2.09. The lowest BCUT2D eigenvalue weighted by atomic mass is 10.2. The average Bonchev–Trinajstić information content (AvgIpc) is 2.80. The molecule has 0 aliphatic rings. The molecule has 20 heavy (non-hydrogen) atoms. The summed E-state index contributed by atoms with van der Waals surface area (Å²) in [6.07, 6.45) is 3.47. The van der Waals surface area contributed by atoms with Crippen LogP contribution in [0.3, 0.4) is 0 Å². The van der Waals surface area contributed by atoms with Gasteiger partial charge in [0.15, 0.2) is 0 Å². The highest BCUT2D eigenvalue weighted by molar-refractivity contribution is 5.75. The van der Waals surface area contributed by atoms with Crippen LogP contribution in [-0.4, -0.2) is 28.6 Å². The van der Waals surface area contributed by atoms with E-state index in [9.17, 15) is 4.79 Å². The molecule has 1 aromatic carbocycles. The predicted molar refractivity (Wildman–Crippen MR) is 76.6 cm³/mol. The summed E-state index contributed by atoms with van der Waals surface area (Å²) in [6, 6.07) is 7.84. The standard InChI is InChI=1S/C15H19N3O2/c1-12-4-3-5-14(10-12)20-9-7-17-15(19)11-18-8-6-16-13(18)2/h3-6,8,10H,7,9,11H2,1-2H3,(H,17,19). The Bertz CT molecular complexity index is 578. The molecule has 1 amide bonds. The van der Waals surface area contributed by atoms with Gasteiger partial charge in [-0.05, 0) is 31.5 Å². The molecule has 0 saturated heterocycles. The van der Waals surface area contributed by atoms with Crippen molar-refractivity contribution >= 4 is 5.91 Å². The maximum Gasteiger partial charge on any atom is 0.240 e. The quantitative estimate of drug-likeness (QED) is 0.815. The third-order valence-corrected chi connectivity index (χ3v) is 2.92. The van der Waals surface area contributed by atoms with Gasteiger partial charge in [0.25, 0.3) is 0 Å². The topological polar surface area (TPSA) is 56.1 Å². The van der Waals surface area contributed by atoms with E-state index >= 15 is 0 Å². The van der Waals surface area contributed by atoms with E-state index in [1.165, 1.54) is 0 Å². The van der Waals surface area contributed by atoms with Crippen molar-refractivity contribution in [1.29, 1.82) is 0 Å². The second kappa shape index (κ2) is 6.75. The highest BCUT2D eigenvalue weighted by atomic mass is 16.5. The van der Waals surface area contributed by atoms with Gasteiger partial charge in [-0.1, -0.05) is 12.1 Å². The smallest absolute Gasteiger partial charge is 0.240 e. The largest absolute Gasteiger partial charge is 0.492 e. The number of amides is 1. The van der Waals surface area contributed by atoms with Gasteiger partial charge in [-0.3, -0.25) is 4.79 Å². The molecule has 0 fully saturated rings. The molecule has 5 nitrogen and oxygen atoms in total. The van der Waals surface area contributed by atoms with Crippen molar-refractivity contribution in [3.05, 3.63) is 48.0 Å². The molecule has 2 aromatic rings. The number of nitrogens with zero attached hydrogens (tertiary/aromatic N) is 2. The minimum Gasteiger partial charge on any atom is -0.492 e. The Kier molecular flexibility index (Phi) is 4.76. The third-order valence-electron chi connectivity index (χ3n) is 2.92. The Morgan fingerprint density at radius 2 is 2.25 bits per heavy atom. The first-order valence-electron chi connectivity index (χ1n) is 6.59. The number of benzene rings is 1. The van der Waals surface area contributed by atoms with Crippen LogP contribution in [0.25, 0.3) is 0 Å². The summed E-state index contributed by atoms with van der Waals surface area (Å²) in [4.78, 5) is 15.8. The van der Waals surface area contributed by atoms with E-state index in [0.29, 0.717) is 13.2 Å². The summed E-state index contributed by atoms with van der Waals surface area (Å²) in [5, 5.41) is 2.82. The molecule has 0 radical (unpaired) electrons. The number of aromatic nitrogens is 2. The molecule has 0 atom stereocenters. The molecular weight excluding hydrogens is 254 g/mol. The van der Waals surface area contributed by atoms with E-state index in [1.807, 2.05) is 38.1 Å². The van der Waals surface area contributed by atoms with Crippen molar-refractivity contribution in [2.75, 3.05) is 13.2 Å². The fourth-order valence-electron chi connectivity index (χ4n) is 1.85. The lowest BCUT2D eigenvalue weighted by Crippen LogP contribution is -2.31. The Morgan fingerprint density at radius 3 is 2.95 bits per heavy atom. The number of imidazole rings is 1. The monoisotopic (exact) mass is 273 g/mol. The zero-order valence-corrected chi connectivity index (χ0v) is 11.8. The van der Waals surface area contributed by atoms with Crippen LogP contribution < -0.4 is 10.1 Å². The van der Waals surface area contributed by atoms with Gasteiger partial charge in [-0.15, -0.1) is 0 Å². The van der Waals surface area contributed by atoms with Gasteiger partial charge >= 0.3 is 0 Å². The average molecular weight is 273 g/mol. The molecule has 0 saturated carbocycles. The predicted octanol–water partition coefficient (Wildman–Crippen LogP) is 1.70. The fraction of sp³-hybridized carbons (Fsp3) is 0.333. The van der Waals surface area contributed by atoms with Gasteiger partial charge in [0.05, 0.1) is 6.54 Å². The van der Waals surface area contributed by atoms with Crippen molar-refractivity contribution in [3.63, 3.8) is 0 Å². The van der Waals surface area contributed by atoms with Crippen LogP contribution in [0.15, 0.2) is 36.7 Å². The van der Waals surface area contributed by atoms with E-state index in [4.69, 9.17) is 4.74 Å². The number of carbonyl (C=O) groups is 1. The Hall–Kier alpha value is -2.30. The van der Waals surface area contributed by atoms with Crippen LogP contribution in [0, 0.1) is 13.8 Å². The van der Waals surface area contributed by atoms with Crippen molar-refractivity contribution in [3.8, 4) is 5.75 Å². The van der Waals surface area contributed by atoms with E-state index in [1.54, 1.807) is 17.0 Å². The third kappa shape index (κ3) is 4.12. The maximum absolute atomic E-state index is 11.7. The highest BCUT2D eigenvalue weighted by Crippen LogP contribution is 2.11. The maximum atomic E-state index is 11.7. The molecule has 1 aromatic heterocycles. The van der Waals surface area contributed by atoms with Gasteiger partial charge in [0, 0.05) is 12.4 Å². The molecule has 5 heteroatoms. The van der Waals surface area contributed by atoms with Crippen LogP contribution in [0.5, 0.6) is 5.75 Å². The normalized spacial score (nSPS) is 10.3. The number of ether oxygens (including phenoxy) is 1. The van der Waals surface area contributed by atoms with Crippen LogP contribution in [-0.2, 0) is 11.3 Å². The second-order valence-electron chi connectivity index (χ2n) is 4.62. The zero-order chi connectivity index (χ0) is 14.4. The Labute approximate surface area is 118 Å². The molecule has 0 bridgehead atoms. The summed E-state index contributed by atoms with van der Waals surface area (Å²) in [5.74, 6) is 1.61. The first kappa shape index (κ1) is 14.1. The number of nitrogens with one attached hydrogen (secondary N) is 1. The summed E-state index contributed by atoms with van der Waals surface area (Å²) >= 11 is 0. The Morgan fingerprint density at radius 1 is 1.40 bits per heavy atom. The van der Waals surface area contributed by atoms with Crippen molar-refractivity contribution in [2.24, 2.45) is 0 Å². The van der Waals surface area contributed by atoms with Crippen molar-refractivity contribution < 1.29 is 9.53 Å². The SMILES string of the molecule is Cc1cccc(OCCNC(=O)Cn2ccnc2C)c1. The van der Waals surface area contributed by atoms with Gasteiger partial charge in [-0.2, -0.15) is 0 Å². The van der Waals surface area contributed by atoms with Gasteiger partial charge < -0.3 is 14.6 Å². The second-order valence-corrected chi connectivity index (χ2v) is 4.62. The summed E-state index contributed by atoms with van der Waals surface area (Å²) < 4.78 is 7.36. The van der Waals surface area contributed by atoms with Crippen LogP contribution in [0.4, 0.5) is 0 Å². The van der Waals surface area contributed by atoms with Crippen LogP contribution in [0.1, 0.15) is 11.4 Å². The van der Waals surface area contributed by atoms with Crippen LogP contribution in [0.2, 0.25) is 0 Å². The summed E-state index contributed by atoms with van der Waals surface area (Å²) in [7, 11) is 0. The minimum atomic E-state index is -0.0426. The van der Waals surface area contributed by atoms with E-state index < -0.39 is 0 Å². The van der Waals surface area contributed by atoms with Crippen molar-refractivity contribution in [1.82, 2.24) is 14.9 Å². The number of hydrogen-bond donors (Lipinski definition) is 1. The molecule has 2 rings (SSSR count). The summed E-state index contributed by atoms with van der Waals surface area (Å²) in [6.45, 7) is 5.12. The minimum absolute atomic E-state index is 0.0426. The number of aryl methyl sites for hydroxylation is 2. The van der Waals surface area contributed by atoms with Gasteiger partial charge in [0.2, 0.25) is 5.91 Å². The fourth-order valence-corrected chi connectivity index (χ4v) is 1.85. The molecule has 106 valence electrons. The first-order chi connectivity index (χ1) is 9.65. The zero-order valence-electron chi connectivity index (χ0n) is 11.8.